The van der Waals surface area contributed by atoms with Crippen LogP contribution < -0.4 is 11.1 Å². The van der Waals surface area contributed by atoms with Gasteiger partial charge in [-0.3, -0.25) is 0 Å². The van der Waals surface area contributed by atoms with Gasteiger partial charge in [0.25, 0.3) is 0 Å². The molecule has 0 saturated carbocycles. The molecule has 1 aliphatic heterocycles. The maximum Gasteiger partial charge on any atom is 0.0645 e. The monoisotopic (exact) mass is 214 g/mol. The van der Waals surface area contributed by atoms with Crippen LogP contribution in [0.25, 0.3) is 0 Å². The van der Waals surface area contributed by atoms with Gasteiger partial charge < -0.3 is 15.8 Å². The summed E-state index contributed by atoms with van der Waals surface area (Å²) in [5, 5.41) is 3.64. The van der Waals surface area contributed by atoms with Crippen LogP contribution >= 0.6 is 0 Å². The number of nitrogens with one attached hydrogen (secondary N) is 1. The average molecular weight is 214 g/mol. The Morgan fingerprint density at radius 3 is 2.93 bits per heavy atom. The van der Waals surface area contributed by atoms with E-state index < -0.39 is 0 Å². The van der Waals surface area contributed by atoms with Crippen molar-refractivity contribution in [3.8, 4) is 0 Å². The van der Waals surface area contributed by atoms with Crippen molar-refractivity contribution in [1.82, 2.24) is 5.32 Å². The minimum atomic E-state index is 0.204. The molecular formula is C12H26N2O. The fraction of sp³-hybridized carbons (Fsp3) is 1.00. The summed E-state index contributed by atoms with van der Waals surface area (Å²) in [5.74, 6) is 0.715. The highest BCUT2D eigenvalue weighted by Crippen LogP contribution is 2.18. The van der Waals surface area contributed by atoms with E-state index in [0.29, 0.717) is 5.92 Å². The second-order valence-electron chi connectivity index (χ2n) is 5.13. The minimum absolute atomic E-state index is 0.204. The van der Waals surface area contributed by atoms with Crippen LogP contribution in [0.5, 0.6) is 0 Å². The van der Waals surface area contributed by atoms with Crippen LogP contribution in [-0.2, 0) is 4.74 Å². The molecule has 1 saturated heterocycles. The van der Waals surface area contributed by atoms with Crippen molar-refractivity contribution in [1.29, 1.82) is 0 Å². The summed E-state index contributed by atoms with van der Waals surface area (Å²) >= 11 is 0. The van der Waals surface area contributed by atoms with Crippen molar-refractivity contribution < 1.29 is 4.74 Å². The molecule has 1 rings (SSSR count). The number of ether oxygens (including phenoxy) is 1. The highest BCUT2D eigenvalue weighted by molar-refractivity contribution is 4.85. The van der Waals surface area contributed by atoms with E-state index >= 15 is 0 Å². The van der Waals surface area contributed by atoms with Gasteiger partial charge in [-0.2, -0.15) is 0 Å². The molecule has 0 aromatic rings. The average Bonchev–Trinajstić information content (AvgIpc) is 2.25. The van der Waals surface area contributed by atoms with Gasteiger partial charge in [0.05, 0.1) is 6.61 Å². The SMILES string of the molecule is CC(CCCN)CNC1(C)CCCOC1. The van der Waals surface area contributed by atoms with Gasteiger partial charge in [-0.1, -0.05) is 6.92 Å². The van der Waals surface area contributed by atoms with Crippen molar-refractivity contribution in [2.75, 3.05) is 26.3 Å². The first-order chi connectivity index (χ1) is 7.16. The Morgan fingerprint density at radius 1 is 1.53 bits per heavy atom. The molecule has 3 N–H and O–H groups in total. The van der Waals surface area contributed by atoms with Crippen molar-refractivity contribution >= 4 is 0 Å². The minimum Gasteiger partial charge on any atom is -0.380 e. The summed E-state index contributed by atoms with van der Waals surface area (Å²) in [6.45, 7) is 8.23. The van der Waals surface area contributed by atoms with Crippen LogP contribution in [0.1, 0.15) is 39.5 Å². The third-order valence-electron chi connectivity index (χ3n) is 3.22. The van der Waals surface area contributed by atoms with Crippen LogP contribution in [0, 0.1) is 5.92 Å². The predicted octanol–water partition coefficient (Wildman–Crippen LogP) is 1.52. The molecule has 0 aromatic heterocycles. The van der Waals surface area contributed by atoms with Gasteiger partial charge in [-0.15, -0.1) is 0 Å². The molecule has 15 heavy (non-hydrogen) atoms. The smallest absolute Gasteiger partial charge is 0.0645 e. The summed E-state index contributed by atoms with van der Waals surface area (Å²) in [4.78, 5) is 0. The van der Waals surface area contributed by atoms with Gasteiger partial charge >= 0.3 is 0 Å². The topological polar surface area (TPSA) is 47.3 Å². The van der Waals surface area contributed by atoms with Gasteiger partial charge in [0.2, 0.25) is 0 Å². The summed E-state index contributed by atoms with van der Waals surface area (Å²) in [6.07, 6.45) is 4.77. The molecule has 3 heteroatoms. The molecule has 1 heterocycles. The lowest BCUT2D eigenvalue weighted by molar-refractivity contribution is 0.0270. The van der Waals surface area contributed by atoms with Gasteiger partial charge in [0, 0.05) is 12.1 Å². The zero-order valence-corrected chi connectivity index (χ0v) is 10.2. The van der Waals surface area contributed by atoms with E-state index in [1.165, 1.54) is 19.3 Å². The summed E-state index contributed by atoms with van der Waals surface area (Å²) < 4.78 is 5.52. The molecule has 2 atom stereocenters. The molecule has 90 valence electrons. The van der Waals surface area contributed by atoms with Crippen LogP contribution in [0.4, 0.5) is 0 Å². The molecule has 0 spiro atoms. The number of rotatable bonds is 6. The maximum atomic E-state index is 5.52. The van der Waals surface area contributed by atoms with Crippen LogP contribution in [-0.4, -0.2) is 31.8 Å². The largest absolute Gasteiger partial charge is 0.380 e. The molecule has 0 radical (unpaired) electrons. The molecule has 0 amide bonds. The Balaban J connectivity index is 2.16. The van der Waals surface area contributed by atoms with E-state index in [1.54, 1.807) is 0 Å². The highest BCUT2D eigenvalue weighted by Gasteiger charge is 2.26. The summed E-state index contributed by atoms with van der Waals surface area (Å²) in [7, 11) is 0. The maximum absolute atomic E-state index is 5.52. The second-order valence-corrected chi connectivity index (χ2v) is 5.13. The molecule has 1 aliphatic rings. The van der Waals surface area contributed by atoms with E-state index in [-0.39, 0.29) is 5.54 Å². The lowest BCUT2D eigenvalue weighted by Crippen LogP contribution is -2.50. The zero-order chi connectivity index (χ0) is 11.1. The fourth-order valence-electron chi connectivity index (χ4n) is 2.06. The molecule has 0 aromatic carbocycles. The first-order valence-corrected chi connectivity index (χ1v) is 6.19. The number of hydrogen-bond acceptors (Lipinski definition) is 3. The molecule has 3 nitrogen and oxygen atoms in total. The van der Waals surface area contributed by atoms with E-state index in [4.69, 9.17) is 10.5 Å². The Morgan fingerprint density at radius 2 is 2.33 bits per heavy atom. The fourth-order valence-corrected chi connectivity index (χ4v) is 2.06. The van der Waals surface area contributed by atoms with Gasteiger partial charge in [0.1, 0.15) is 0 Å². The van der Waals surface area contributed by atoms with Crippen molar-refractivity contribution in [3.63, 3.8) is 0 Å². The summed E-state index contributed by atoms with van der Waals surface area (Å²) in [5.41, 5.74) is 5.70. The van der Waals surface area contributed by atoms with E-state index in [2.05, 4.69) is 19.2 Å². The number of hydrogen-bond donors (Lipinski definition) is 2. The van der Waals surface area contributed by atoms with Gasteiger partial charge in [-0.25, -0.2) is 0 Å². The lowest BCUT2D eigenvalue weighted by atomic mass is 9.93. The zero-order valence-electron chi connectivity index (χ0n) is 10.2. The Bertz CT molecular complexity index is 167. The van der Waals surface area contributed by atoms with E-state index in [1.807, 2.05) is 0 Å². The normalized spacial score (nSPS) is 29.0. The molecule has 0 bridgehead atoms. The third-order valence-corrected chi connectivity index (χ3v) is 3.22. The standard InChI is InChI=1S/C12H26N2O/c1-11(5-3-7-13)9-14-12(2)6-4-8-15-10-12/h11,14H,3-10,13H2,1-2H3. The Kier molecular flexibility index (Phi) is 5.58. The first-order valence-electron chi connectivity index (χ1n) is 6.19. The highest BCUT2D eigenvalue weighted by atomic mass is 16.5. The first kappa shape index (κ1) is 12.9. The lowest BCUT2D eigenvalue weighted by Gasteiger charge is -2.35. The Hall–Kier alpha value is -0.120. The quantitative estimate of drug-likeness (QED) is 0.705. The van der Waals surface area contributed by atoms with Gasteiger partial charge in [-0.05, 0) is 51.6 Å². The summed E-state index contributed by atoms with van der Waals surface area (Å²) in [6, 6.07) is 0. The van der Waals surface area contributed by atoms with E-state index in [9.17, 15) is 0 Å². The third kappa shape index (κ3) is 4.96. The van der Waals surface area contributed by atoms with Gasteiger partial charge in [0.15, 0.2) is 0 Å². The molecule has 2 unspecified atom stereocenters. The van der Waals surface area contributed by atoms with Crippen molar-refractivity contribution in [3.05, 3.63) is 0 Å². The van der Waals surface area contributed by atoms with Crippen LogP contribution in [0.2, 0.25) is 0 Å². The van der Waals surface area contributed by atoms with E-state index in [0.717, 1.165) is 32.7 Å². The Labute approximate surface area is 93.8 Å². The van der Waals surface area contributed by atoms with Crippen LogP contribution in [0.15, 0.2) is 0 Å². The molecule has 0 aliphatic carbocycles. The predicted molar refractivity (Wildman–Crippen MR) is 63.9 cm³/mol. The second kappa shape index (κ2) is 6.46. The van der Waals surface area contributed by atoms with Crippen molar-refractivity contribution in [2.45, 2.75) is 45.1 Å². The number of nitrogens with two attached hydrogens (primary N) is 1. The molecular weight excluding hydrogens is 188 g/mol. The molecule has 1 fully saturated rings. The van der Waals surface area contributed by atoms with Crippen LogP contribution in [0.3, 0.4) is 0 Å². The van der Waals surface area contributed by atoms with Crippen molar-refractivity contribution in [2.24, 2.45) is 11.7 Å².